The van der Waals surface area contributed by atoms with E-state index < -0.39 is 9.84 Å². The van der Waals surface area contributed by atoms with E-state index in [1.807, 2.05) is 61.5 Å². The van der Waals surface area contributed by atoms with E-state index in [0.717, 1.165) is 16.7 Å². The Balaban J connectivity index is 1.71. The van der Waals surface area contributed by atoms with E-state index >= 15 is 0 Å². The van der Waals surface area contributed by atoms with Crippen molar-refractivity contribution < 1.29 is 12.8 Å². The summed E-state index contributed by atoms with van der Waals surface area (Å²) in [5.41, 5.74) is 2.82. The molecule has 31 heavy (non-hydrogen) atoms. The highest BCUT2D eigenvalue weighted by Crippen LogP contribution is 2.33. The summed E-state index contributed by atoms with van der Waals surface area (Å²) in [7, 11) is -3.91. The highest BCUT2D eigenvalue weighted by molar-refractivity contribution is 7.91. The summed E-state index contributed by atoms with van der Waals surface area (Å²) in [6, 6.07) is 23.5. The number of aryl methyl sites for hydroxylation is 1. The zero-order valence-electron chi connectivity index (χ0n) is 16.9. The van der Waals surface area contributed by atoms with Crippen LogP contribution in [0.3, 0.4) is 0 Å². The van der Waals surface area contributed by atoms with Crippen molar-refractivity contribution in [1.82, 2.24) is 4.98 Å². The minimum Gasteiger partial charge on any atom is -0.419 e. The summed E-state index contributed by atoms with van der Waals surface area (Å²) in [6.07, 6.45) is 0.710. The Morgan fingerprint density at radius 1 is 0.935 bits per heavy atom. The molecule has 0 aliphatic rings. The van der Waals surface area contributed by atoms with Gasteiger partial charge in [-0.05, 0) is 54.8 Å². The fourth-order valence-corrected chi connectivity index (χ4v) is 4.62. The number of rotatable bonds is 7. The fourth-order valence-electron chi connectivity index (χ4n) is 3.22. The van der Waals surface area contributed by atoms with Gasteiger partial charge in [0.25, 0.3) is 0 Å². The smallest absolute Gasteiger partial charge is 0.233 e. The van der Waals surface area contributed by atoms with E-state index in [0.29, 0.717) is 18.0 Å². The maximum Gasteiger partial charge on any atom is 0.233 e. The van der Waals surface area contributed by atoms with Crippen LogP contribution in [0.15, 0.2) is 93.2 Å². The van der Waals surface area contributed by atoms with Crippen LogP contribution < -0.4 is 5.32 Å². The fraction of sp³-hybridized carbons (Fsp3) is 0.125. The SMILES string of the molecule is Cc1ccccc1-c1nc(S(=O)(=O)c2ccc(Cl)cc2)c(NCCc2ccccc2)o1. The van der Waals surface area contributed by atoms with Crippen LogP contribution in [0.5, 0.6) is 0 Å². The third kappa shape index (κ3) is 4.65. The third-order valence-electron chi connectivity index (χ3n) is 4.89. The number of oxazole rings is 1. The first-order valence-electron chi connectivity index (χ1n) is 9.80. The first-order valence-corrected chi connectivity index (χ1v) is 11.7. The molecule has 0 unspecified atom stereocenters. The van der Waals surface area contributed by atoms with Crippen molar-refractivity contribution >= 4 is 27.3 Å². The van der Waals surface area contributed by atoms with Crippen LogP contribution in [0.4, 0.5) is 5.88 Å². The van der Waals surface area contributed by atoms with Gasteiger partial charge in [0.05, 0.1) is 4.90 Å². The molecule has 1 heterocycles. The van der Waals surface area contributed by atoms with Crippen molar-refractivity contribution in [3.05, 3.63) is 95.0 Å². The summed E-state index contributed by atoms with van der Waals surface area (Å²) in [5.74, 6) is 0.386. The zero-order valence-corrected chi connectivity index (χ0v) is 18.5. The molecule has 1 N–H and O–H groups in total. The summed E-state index contributed by atoms with van der Waals surface area (Å²) in [6.45, 7) is 2.42. The van der Waals surface area contributed by atoms with Crippen molar-refractivity contribution in [2.24, 2.45) is 0 Å². The van der Waals surface area contributed by atoms with Crippen LogP contribution in [0.2, 0.25) is 5.02 Å². The van der Waals surface area contributed by atoms with E-state index in [1.165, 1.54) is 12.1 Å². The Morgan fingerprint density at radius 3 is 2.32 bits per heavy atom. The van der Waals surface area contributed by atoms with E-state index in [9.17, 15) is 8.42 Å². The van der Waals surface area contributed by atoms with Gasteiger partial charge in [0, 0.05) is 17.1 Å². The van der Waals surface area contributed by atoms with Crippen molar-refractivity contribution in [2.75, 3.05) is 11.9 Å². The average molecular weight is 453 g/mol. The number of hydrogen-bond donors (Lipinski definition) is 1. The molecule has 4 rings (SSSR count). The Bertz CT molecular complexity index is 1280. The summed E-state index contributed by atoms with van der Waals surface area (Å²) in [5, 5.41) is 3.45. The molecule has 0 saturated carbocycles. The van der Waals surface area contributed by atoms with Crippen LogP contribution in [-0.4, -0.2) is 19.9 Å². The van der Waals surface area contributed by atoms with Gasteiger partial charge in [-0.3, -0.25) is 0 Å². The molecule has 0 aliphatic carbocycles. The molecule has 0 radical (unpaired) electrons. The molecule has 0 fully saturated rings. The second-order valence-electron chi connectivity index (χ2n) is 7.09. The van der Waals surface area contributed by atoms with Gasteiger partial charge in [0.2, 0.25) is 26.6 Å². The Labute approximate surface area is 186 Å². The quantitative estimate of drug-likeness (QED) is 0.384. The molecule has 0 amide bonds. The first kappa shape index (κ1) is 21.2. The van der Waals surface area contributed by atoms with E-state index in [-0.39, 0.29) is 21.7 Å². The van der Waals surface area contributed by atoms with Crippen molar-refractivity contribution in [1.29, 1.82) is 0 Å². The lowest BCUT2D eigenvalue weighted by Crippen LogP contribution is -2.09. The topological polar surface area (TPSA) is 72.2 Å². The van der Waals surface area contributed by atoms with Crippen molar-refractivity contribution in [2.45, 2.75) is 23.3 Å². The summed E-state index contributed by atoms with van der Waals surface area (Å²) >= 11 is 5.93. The number of nitrogens with zero attached hydrogens (tertiary/aromatic N) is 1. The number of benzene rings is 3. The van der Waals surface area contributed by atoms with Crippen LogP contribution in [0.25, 0.3) is 11.5 Å². The molecule has 0 spiro atoms. The van der Waals surface area contributed by atoms with Crippen molar-refractivity contribution in [3.8, 4) is 11.5 Å². The first-order chi connectivity index (χ1) is 14.9. The molecule has 0 bridgehead atoms. The maximum absolute atomic E-state index is 13.3. The molecular weight excluding hydrogens is 432 g/mol. The van der Waals surface area contributed by atoms with E-state index in [4.69, 9.17) is 16.0 Å². The Hall–Kier alpha value is -3.09. The minimum absolute atomic E-state index is 0.104. The van der Waals surface area contributed by atoms with Gasteiger partial charge in [-0.15, -0.1) is 0 Å². The largest absolute Gasteiger partial charge is 0.419 e. The van der Waals surface area contributed by atoms with Crippen molar-refractivity contribution in [3.63, 3.8) is 0 Å². The van der Waals surface area contributed by atoms with Crippen LogP contribution in [0, 0.1) is 6.92 Å². The summed E-state index contributed by atoms with van der Waals surface area (Å²) in [4.78, 5) is 4.49. The number of anilines is 1. The lowest BCUT2D eigenvalue weighted by atomic mass is 10.1. The molecule has 7 heteroatoms. The van der Waals surface area contributed by atoms with Gasteiger partial charge in [-0.1, -0.05) is 60.1 Å². The predicted octanol–water partition coefficient (Wildman–Crippen LogP) is 5.79. The molecule has 0 atom stereocenters. The number of halogens is 1. The summed E-state index contributed by atoms with van der Waals surface area (Å²) < 4.78 is 32.6. The lowest BCUT2D eigenvalue weighted by molar-refractivity contribution is 0.576. The molecule has 0 saturated heterocycles. The molecule has 5 nitrogen and oxygen atoms in total. The Kier molecular flexibility index (Phi) is 6.11. The molecule has 0 aliphatic heterocycles. The third-order valence-corrected chi connectivity index (χ3v) is 6.82. The highest BCUT2D eigenvalue weighted by atomic mass is 35.5. The van der Waals surface area contributed by atoms with Crippen LogP contribution in [0.1, 0.15) is 11.1 Å². The number of hydrogen-bond acceptors (Lipinski definition) is 5. The maximum atomic E-state index is 13.3. The zero-order chi connectivity index (χ0) is 21.8. The van der Waals surface area contributed by atoms with Gasteiger partial charge in [0.15, 0.2) is 0 Å². The normalized spacial score (nSPS) is 11.4. The average Bonchev–Trinajstić information content (AvgIpc) is 3.20. The number of sulfone groups is 1. The highest BCUT2D eigenvalue weighted by Gasteiger charge is 2.28. The van der Waals surface area contributed by atoms with Gasteiger partial charge < -0.3 is 9.73 Å². The predicted molar refractivity (Wildman–Crippen MR) is 122 cm³/mol. The molecule has 3 aromatic carbocycles. The number of nitrogens with one attached hydrogen (secondary N) is 1. The second-order valence-corrected chi connectivity index (χ2v) is 9.39. The van der Waals surface area contributed by atoms with Crippen LogP contribution >= 0.6 is 11.6 Å². The standard InChI is InChI=1S/C24H21ClN2O3S/c1-17-7-5-6-10-21(17)22-27-24(31(28,29)20-13-11-19(25)12-14-20)23(30-22)26-16-15-18-8-3-2-4-9-18/h2-14,26H,15-16H2,1H3. The number of aromatic nitrogens is 1. The molecule has 1 aromatic heterocycles. The van der Waals surface area contributed by atoms with Gasteiger partial charge in [-0.25, -0.2) is 8.42 Å². The second kappa shape index (κ2) is 8.96. The van der Waals surface area contributed by atoms with E-state index in [2.05, 4.69) is 10.3 Å². The lowest BCUT2D eigenvalue weighted by Gasteiger charge is -2.06. The molecule has 158 valence electrons. The minimum atomic E-state index is -3.91. The van der Waals surface area contributed by atoms with Gasteiger partial charge in [-0.2, -0.15) is 4.98 Å². The van der Waals surface area contributed by atoms with Gasteiger partial charge in [0.1, 0.15) is 0 Å². The van der Waals surface area contributed by atoms with Gasteiger partial charge >= 0.3 is 0 Å². The van der Waals surface area contributed by atoms with E-state index in [1.54, 1.807) is 12.1 Å². The van der Waals surface area contributed by atoms with Crippen LogP contribution in [-0.2, 0) is 16.3 Å². The monoisotopic (exact) mass is 452 g/mol. The molecular formula is C24H21ClN2O3S. The molecule has 4 aromatic rings. The Morgan fingerprint density at radius 2 is 1.61 bits per heavy atom.